The highest BCUT2D eigenvalue weighted by Gasteiger charge is 2.20. The van der Waals surface area contributed by atoms with Gasteiger partial charge in [-0.3, -0.25) is 19.3 Å². The first-order valence-electron chi connectivity index (χ1n) is 6.49. The van der Waals surface area contributed by atoms with Gasteiger partial charge in [0, 0.05) is 18.8 Å². The number of aromatic amines is 2. The van der Waals surface area contributed by atoms with Crippen molar-refractivity contribution in [3.8, 4) is 0 Å². The van der Waals surface area contributed by atoms with Gasteiger partial charge in [0.1, 0.15) is 0 Å². The first kappa shape index (κ1) is 18.4. The van der Waals surface area contributed by atoms with Gasteiger partial charge in [-0.25, -0.2) is 26.4 Å². The van der Waals surface area contributed by atoms with Crippen LogP contribution < -0.4 is 20.7 Å². The first-order valence-corrected chi connectivity index (χ1v) is 9.46. The van der Waals surface area contributed by atoms with Gasteiger partial charge in [-0.2, -0.15) is 0 Å². The molecule has 0 saturated heterocycles. The Balaban J connectivity index is 2.31. The lowest BCUT2D eigenvalue weighted by Gasteiger charge is -2.08. The monoisotopic (exact) mass is 388 g/mol. The van der Waals surface area contributed by atoms with E-state index in [9.17, 15) is 31.2 Å². The van der Waals surface area contributed by atoms with Crippen LogP contribution in [0.25, 0.3) is 0 Å². The number of rotatable bonds is 5. The quantitative estimate of drug-likeness (QED) is 0.491. The van der Waals surface area contributed by atoms with Crippen LogP contribution in [0, 0.1) is 0 Å². The lowest BCUT2D eigenvalue weighted by atomic mass is 10.3. The molecule has 0 radical (unpaired) electrons. The number of hydrogen-bond donors (Lipinski definition) is 4. The average molecular weight is 388 g/mol. The molecule has 0 unspecified atom stereocenters. The fourth-order valence-electron chi connectivity index (χ4n) is 1.76. The molecule has 2 rings (SSSR count). The number of H-pyrrole nitrogens is 2. The molecule has 0 bridgehead atoms. The van der Waals surface area contributed by atoms with Crippen molar-refractivity contribution in [2.45, 2.75) is 16.7 Å². The molecular formula is C12H12N4O7S2. The van der Waals surface area contributed by atoms with Crippen molar-refractivity contribution in [2.75, 3.05) is 4.72 Å². The summed E-state index contributed by atoms with van der Waals surface area (Å²) in [6, 6.07) is 4.40. The predicted molar refractivity (Wildman–Crippen MR) is 85.9 cm³/mol. The van der Waals surface area contributed by atoms with Gasteiger partial charge in [0.05, 0.1) is 4.90 Å². The number of carbonyl (C=O) groups excluding carboxylic acids is 1. The van der Waals surface area contributed by atoms with Crippen LogP contribution in [0.5, 0.6) is 0 Å². The maximum absolute atomic E-state index is 12.1. The topological polar surface area (TPSA) is 175 Å². The molecule has 4 N–H and O–H groups in total. The molecule has 0 atom stereocenters. The maximum atomic E-state index is 12.1. The summed E-state index contributed by atoms with van der Waals surface area (Å²) in [4.78, 5) is 36.2. The smallest absolute Gasteiger partial charge is 0.313 e. The molecule has 25 heavy (non-hydrogen) atoms. The van der Waals surface area contributed by atoms with Crippen molar-refractivity contribution in [1.82, 2.24) is 14.7 Å². The van der Waals surface area contributed by atoms with Crippen LogP contribution in [0.15, 0.2) is 49.8 Å². The summed E-state index contributed by atoms with van der Waals surface area (Å²) >= 11 is 0. The number of amides is 1. The van der Waals surface area contributed by atoms with Gasteiger partial charge in [0.25, 0.3) is 25.6 Å². The van der Waals surface area contributed by atoms with E-state index < -0.39 is 42.1 Å². The van der Waals surface area contributed by atoms with Crippen molar-refractivity contribution in [1.29, 1.82) is 0 Å². The average Bonchev–Trinajstić information content (AvgIpc) is 2.45. The molecule has 0 aliphatic rings. The standard InChI is InChI=1S/C12H12N4O7S2/c1-7(17)15-24(20,21)9-4-2-8(3-5-9)16-25(22,23)10-6-13-12(19)14-11(10)18/h2-6,16H,1H3,(H,15,17)(H2,13,14,18,19). The van der Waals surface area contributed by atoms with Gasteiger partial charge in [-0.05, 0) is 24.3 Å². The van der Waals surface area contributed by atoms with Gasteiger partial charge in [-0.1, -0.05) is 0 Å². The number of aromatic nitrogens is 2. The molecule has 2 aromatic rings. The van der Waals surface area contributed by atoms with Gasteiger partial charge in [-0.15, -0.1) is 0 Å². The third-order valence-corrected chi connectivity index (χ3v) is 5.61. The summed E-state index contributed by atoms with van der Waals surface area (Å²) in [6.45, 7) is 1.03. The second-order valence-electron chi connectivity index (χ2n) is 4.73. The van der Waals surface area contributed by atoms with E-state index in [-0.39, 0.29) is 10.6 Å². The van der Waals surface area contributed by atoms with Crippen LogP contribution in [-0.2, 0) is 24.8 Å². The van der Waals surface area contributed by atoms with E-state index >= 15 is 0 Å². The summed E-state index contributed by atoms with van der Waals surface area (Å²) in [5.41, 5.74) is -2.01. The predicted octanol–water partition coefficient (Wildman–Crippen LogP) is -1.31. The van der Waals surface area contributed by atoms with E-state index in [2.05, 4.69) is 4.72 Å². The van der Waals surface area contributed by atoms with Crippen LogP contribution in [0.4, 0.5) is 5.69 Å². The van der Waals surface area contributed by atoms with Gasteiger partial charge >= 0.3 is 5.69 Å². The fourth-order valence-corrected chi connectivity index (χ4v) is 3.81. The van der Waals surface area contributed by atoms with Crippen LogP contribution in [0.2, 0.25) is 0 Å². The third kappa shape index (κ3) is 4.33. The summed E-state index contributed by atoms with van der Waals surface area (Å²) < 4.78 is 51.7. The van der Waals surface area contributed by atoms with Crippen LogP contribution in [0.1, 0.15) is 6.92 Å². The lowest BCUT2D eigenvalue weighted by Crippen LogP contribution is -2.29. The summed E-state index contributed by atoms with van der Waals surface area (Å²) in [7, 11) is -8.37. The third-order valence-electron chi connectivity index (χ3n) is 2.77. The van der Waals surface area contributed by atoms with Crippen molar-refractivity contribution >= 4 is 31.6 Å². The Hall–Kier alpha value is -2.93. The SMILES string of the molecule is CC(=O)NS(=O)(=O)c1ccc(NS(=O)(=O)c2c[nH]c(=O)[nH]c2=O)cc1. The Morgan fingerprint density at radius 2 is 1.60 bits per heavy atom. The van der Waals surface area contributed by atoms with Crippen LogP contribution >= 0.6 is 0 Å². The van der Waals surface area contributed by atoms with Gasteiger partial charge < -0.3 is 4.98 Å². The highest BCUT2D eigenvalue weighted by Crippen LogP contribution is 2.16. The molecule has 0 saturated carbocycles. The Morgan fingerprint density at radius 1 is 1.00 bits per heavy atom. The molecule has 1 aromatic carbocycles. The Labute approximate surface area is 141 Å². The first-order chi connectivity index (χ1) is 11.5. The van der Waals surface area contributed by atoms with E-state index in [0.29, 0.717) is 0 Å². The summed E-state index contributed by atoms with van der Waals surface area (Å²) in [5, 5.41) is 0. The second-order valence-corrected chi connectivity index (χ2v) is 8.06. The van der Waals surface area contributed by atoms with E-state index in [1.807, 2.05) is 4.98 Å². The summed E-state index contributed by atoms with van der Waals surface area (Å²) in [5.74, 6) is -0.776. The Bertz CT molecular complexity index is 1130. The molecule has 0 spiro atoms. The molecular weight excluding hydrogens is 376 g/mol. The minimum absolute atomic E-state index is 0.0348. The number of carbonyl (C=O) groups is 1. The van der Waals surface area contributed by atoms with E-state index in [1.54, 1.807) is 9.71 Å². The van der Waals surface area contributed by atoms with E-state index in [4.69, 9.17) is 0 Å². The molecule has 1 aromatic heterocycles. The Morgan fingerprint density at radius 3 is 2.12 bits per heavy atom. The van der Waals surface area contributed by atoms with E-state index in [0.717, 1.165) is 37.4 Å². The summed E-state index contributed by atoms with van der Waals surface area (Å²) in [6.07, 6.45) is 0.735. The Kier molecular flexibility index (Phi) is 4.80. The lowest BCUT2D eigenvalue weighted by molar-refractivity contribution is -0.117. The molecule has 11 nitrogen and oxygen atoms in total. The number of benzene rings is 1. The van der Waals surface area contributed by atoms with Gasteiger partial charge in [0.2, 0.25) is 5.91 Å². The molecule has 1 heterocycles. The van der Waals surface area contributed by atoms with Crippen LogP contribution in [-0.4, -0.2) is 32.7 Å². The molecule has 13 heteroatoms. The van der Waals surface area contributed by atoms with Gasteiger partial charge in [0.15, 0.2) is 4.90 Å². The zero-order valence-electron chi connectivity index (χ0n) is 12.6. The normalized spacial score (nSPS) is 11.7. The van der Waals surface area contributed by atoms with Crippen molar-refractivity contribution < 1.29 is 21.6 Å². The highest BCUT2D eigenvalue weighted by atomic mass is 32.2. The molecule has 0 aliphatic carbocycles. The zero-order valence-corrected chi connectivity index (χ0v) is 14.2. The van der Waals surface area contributed by atoms with E-state index in [1.165, 1.54) is 0 Å². The molecule has 0 aliphatic heterocycles. The molecule has 1 amide bonds. The second kappa shape index (κ2) is 6.52. The largest absolute Gasteiger partial charge is 0.325 e. The van der Waals surface area contributed by atoms with Crippen molar-refractivity contribution in [3.63, 3.8) is 0 Å². The maximum Gasteiger partial charge on any atom is 0.325 e. The number of anilines is 1. The number of nitrogens with one attached hydrogen (secondary N) is 4. The minimum Gasteiger partial charge on any atom is -0.313 e. The van der Waals surface area contributed by atoms with Crippen molar-refractivity contribution in [2.24, 2.45) is 0 Å². The molecule has 0 fully saturated rings. The van der Waals surface area contributed by atoms with Crippen LogP contribution in [0.3, 0.4) is 0 Å². The highest BCUT2D eigenvalue weighted by molar-refractivity contribution is 7.92. The van der Waals surface area contributed by atoms with Crippen molar-refractivity contribution in [3.05, 3.63) is 51.3 Å². The number of hydrogen-bond acceptors (Lipinski definition) is 7. The minimum atomic E-state index is -4.31. The zero-order chi connectivity index (χ0) is 18.8. The fraction of sp³-hybridized carbons (Fsp3) is 0.0833. The molecule has 134 valence electrons. The number of sulfonamides is 2.